The van der Waals surface area contributed by atoms with Crippen LogP contribution in [-0.2, 0) is 4.79 Å². The average Bonchev–Trinajstić information content (AvgIpc) is 2.07. The van der Waals surface area contributed by atoms with Crippen molar-refractivity contribution in [2.75, 3.05) is 5.32 Å². The van der Waals surface area contributed by atoms with Gasteiger partial charge in [0.05, 0.1) is 4.92 Å². The van der Waals surface area contributed by atoms with Gasteiger partial charge in [-0.2, -0.15) is 0 Å². The molecule has 6 heteroatoms. The summed E-state index contributed by atoms with van der Waals surface area (Å²) in [4.78, 5) is 20.5. The lowest BCUT2D eigenvalue weighted by Gasteiger charge is -2.04. The normalized spacial score (nSPS) is 9.50. The van der Waals surface area contributed by atoms with Gasteiger partial charge in [-0.05, 0) is 6.07 Å². The number of hydrogen-bond donors (Lipinski definition) is 2. The van der Waals surface area contributed by atoms with Crippen molar-refractivity contribution in [3.05, 3.63) is 28.3 Å². The minimum atomic E-state index is -0.676. The van der Waals surface area contributed by atoms with E-state index in [4.69, 9.17) is 0 Å². The topological polar surface area (TPSA) is 92.5 Å². The number of aromatic hydroxyl groups is 1. The fourth-order valence-electron chi connectivity index (χ4n) is 0.985. The Kier molecular flexibility index (Phi) is 2.66. The molecule has 74 valence electrons. The van der Waals surface area contributed by atoms with E-state index in [1.807, 2.05) is 0 Å². The first kappa shape index (κ1) is 9.97. The number of hydrogen-bond acceptors (Lipinski definition) is 4. The number of amides is 1. The Hall–Kier alpha value is -2.11. The fraction of sp³-hybridized carbons (Fsp3) is 0.125. The Morgan fingerprint density at radius 2 is 2.21 bits per heavy atom. The van der Waals surface area contributed by atoms with E-state index >= 15 is 0 Å². The van der Waals surface area contributed by atoms with Crippen LogP contribution < -0.4 is 5.32 Å². The summed E-state index contributed by atoms with van der Waals surface area (Å²) < 4.78 is 0. The summed E-state index contributed by atoms with van der Waals surface area (Å²) in [6, 6.07) is 3.79. The molecule has 0 saturated heterocycles. The number of carbonyl (C=O) groups excluding carboxylic acids is 1. The molecule has 0 spiro atoms. The van der Waals surface area contributed by atoms with Crippen LogP contribution in [0.5, 0.6) is 5.75 Å². The lowest BCUT2D eigenvalue weighted by Crippen LogP contribution is -2.08. The summed E-state index contributed by atoms with van der Waals surface area (Å²) in [5.74, 6) is -0.802. The maximum atomic E-state index is 10.7. The Morgan fingerprint density at radius 3 is 2.71 bits per heavy atom. The van der Waals surface area contributed by atoms with Crippen molar-refractivity contribution < 1.29 is 14.8 Å². The zero-order valence-electron chi connectivity index (χ0n) is 7.35. The summed E-state index contributed by atoms with van der Waals surface area (Å²) in [6.45, 7) is 1.20. The smallest absolute Gasteiger partial charge is 0.296 e. The number of nitro benzene ring substituents is 1. The molecule has 1 amide bonds. The molecule has 0 heterocycles. The molecule has 0 unspecified atom stereocenters. The first-order valence-electron chi connectivity index (χ1n) is 3.76. The lowest BCUT2D eigenvalue weighted by molar-refractivity contribution is -0.384. The third kappa shape index (κ3) is 1.98. The van der Waals surface area contributed by atoms with Gasteiger partial charge in [0, 0.05) is 13.0 Å². The number of para-hydroxylation sites is 1. The Labute approximate surface area is 79.3 Å². The molecular weight excluding hydrogens is 188 g/mol. The first-order chi connectivity index (χ1) is 6.52. The molecule has 0 atom stereocenters. The average molecular weight is 196 g/mol. The molecule has 1 aromatic carbocycles. The van der Waals surface area contributed by atoms with E-state index in [1.54, 1.807) is 0 Å². The number of benzene rings is 1. The van der Waals surface area contributed by atoms with Gasteiger partial charge in [0.25, 0.3) is 5.69 Å². The first-order valence-corrected chi connectivity index (χ1v) is 3.76. The monoisotopic (exact) mass is 196 g/mol. The van der Waals surface area contributed by atoms with Crippen molar-refractivity contribution >= 4 is 17.3 Å². The van der Waals surface area contributed by atoms with Crippen LogP contribution in [0.1, 0.15) is 6.92 Å². The largest absolute Gasteiger partial charge is 0.505 e. The lowest BCUT2D eigenvalue weighted by atomic mass is 10.2. The number of rotatable bonds is 2. The molecule has 1 rings (SSSR count). The zero-order chi connectivity index (χ0) is 10.7. The zero-order valence-corrected chi connectivity index (χ0v) is 7.35. The minimum Gasteiger partial charge on any atom is -0.505 e. The van der Waals surface area contributed by atoms with Crippen molar-refractivity contribution in [2.45, 2.75) is 6.92 Å². The number of carbonyl (C=O) groups is 1. The number of anilines is 1. The predicted molar refractivity (Wildman–Crippen MR) is 49.1 cm³/mol. The van der Waals surface area contributed by atoms with Gasteiger partial charge in [-0.15, -0.1) is 0 Å². The van der Waals surface area contributed by atoms with Gasteiger partial charge in [-0.1, -0.05) is 6.07 Å². The van der Waals surface area contributed by atoms with Gasteiger partial charge >= 0.3 is 0 Å². The third-order valence-corrected chi connectivity index (χ3v) is 1.52. The number of nitro groups is 1. The molecule has 6 nitrogen and oxygen atoms in total. The second-order valence-electron chi connectivity index (χ2n) is 2.61. The second-order valence-corrected chi connectivity index (χ2v) is 2.61. The molecule has 0 aromatic heterocycles. The van der Waals surface area contributed by atoms with Crippen LogP contribution in [0.4, 0.5) is 11.4 Å². The van der Waals surface area contributed by atoms with Gasteiger partial charge in [0.1, 0.15) is 5.75 Å². The summed E-state index contributed by atoms with van der Waals surface area (Å²) in [5, 5.41) is 22.0. The molecule has 0 aliphatic carbocycles. The van der Waals surface area contributed by atoms with Crippen molar-refractivity contribution in [2.24, 2.45) is 0 Å². The van der Waals surface area contributed by atoms with E-state index in [0.717, 1.165) is 0 Å². The highest BCUT2D eigenvalue weighted by Gasteiger charge is 2.17. The number of phenols is 1. The number of phenolic OH excluding ortho intramolecular Hbond substituents is 1. The van der Waals surface area contributed by atoms with E-state index in [9.17, 15) is 20.0 Å². The van der Waals surface area contributed by atoms with Crippen molar-refractivity contribution in [3.8, 4) is 5.75 Å². The second kappa shape index (κ2) is 3.73. The fourth-order valence-corrected chi connectivity index (χ4v) is 0.985. The van der Waals surface area contributed by atoms with Crippen LogP contribution in [0.3, 0.4) is 0 Å². The Morgan fingerprint density at radius 1 is 1.57 bits per heavy atom. The van der Waals surface area contributed by atoms with Crippen molar-refractivity contribution in [1.29, 1.82) is 0 Å². The SMILES string of the molecule is CC(=O)Nc1c(O)cccc1[N+](=O)[O-]. The van der Waals surface area contributed by atoms with Crippen LogP contribution in [0.25, 0.3) is 0 Å². The maximum absolute atomic E-state index is 10.7. The van der Waals surface area contributed by atoms with E-state index < -0.39 is 10.8 Å². The van der Waals surface area contributed by atoms with Gasteiger partial charge in [0.15, 0.2) is 5.69 Å². The van der Waals surface area contributed by atoms with E-state index in [0.29, 0.717) is 0 Å². The highest BCUT2D eigenvalue weighted by molar-refractivity contribution is 5.93. The summed E-state index contributed by atoms with van der Waals surface area (Å²) in [5.41, 5.74) is -0.509. The Balaban J connectivity index is 3.22. The van der Waals surface area contributed by atoms with Gasteiger partial charge in [-0.25, -0.2) is 0 Å². The third-order valence-electron chi connectivity index (χ3n) is 1.52. The van der Waals surface area contributed by atoms with Gasteiger partial charge in [0.2, 0.25) is 5.91 Å². The molecule has 0 saturated carbocycles. The van der Waals surface area contributed by atoms with E-state index in [1.165, 1.54) is 25.1 Å². The predicted octanol–water partition coefficient (Wildman–Crippen LogP) is 1.26. The molecule has 0 aliphatic rings. The highest BCUT2D eigenvalue weighted by atomic mass is 16.6. The Bertz CT molecular complexity index is 389. The van der Waals surface area contributed by atoms with Crippen molar-refractivity contribution in [3.63, 3.8) is 0 Å². The summed E-state index contributed by atoms with van der Waals surface area (Å²) in [6.07, 6.45) is 0. The molecule has 1 aromatic rings. The minimum absolute atomic E-state index is 0.176. The molecule has 0 radical (unpaired) electrons. The molecule has 0 bridgehead atoms. The summed E-state index contributed by atoms with van der Waals surface area (Å²) >= 11 is 0. The summed E-state index contributed by atoms with van der Waals surface area (Å²) in [7, 11) is 0. The highest BCUT2D eigenvalue weighted by Crippen LogP contribution is 2.32. The van der Waals surface area contributed by atoms with Crippen LogP contribution in [0.2, 0.25) is 0 Å². The van der Waals surface area contributed by atoms with Gasteiger partial charge < -0.3 is 10.4 Å². The molecule has 0 aliphatic heterocycles. The van der Waals surface area contributed by atoms with Crippen LogP contribution in [-0.4, -0.2) is 15.9 Å². The number of nitrogens with one attached hydrogen (secondary N) is 1. The van der Waals surface area contributed by atoms with Crippen LogP contribution in [0, 0.1) is 10.1 Å². The van der Waals surface area contributed by atoms with Crippen molar-refractivity contribution in [1.82, 2.24) is 0 Å². The van der Waals surface area contributed by atoms with E-state index in [-0.39, 0.29) is 17.1 Å². The maximum Gasteiger partial charge on any atom is 0.296 e. The molecule has 0 fully saturated rings. The number of nitrogens with zero attached hydrogens (tertiary/aromatic N) is 1. The standard InChI is InChI=1S/C8H8N2O4/c1-5(11)9-8-6(10(13)14)3-2-4-7(8)12/h2-4,12H,1H3,(H,9,11). The van der Waals surface area contributed by atoms with Crippen LogP contribution in [0.15, 0.2) is 18.2 Å². The molecule has 2 N–H and O–H groups in total. The van der Waals surface area contributed by atoms with E-state index in [2.05, 4.69) is 5.32 Å². The van der Waals surface area contributed by atoms with Crippen LogP contribution >= 0.6 is 0 Å². The quantitative estimate of drug-likeness (QED) is 0.423. The van der Waals surface area contributed by atoms with Gasteiger partial charge in [-0.3, -0.25) is 14.9 Å². The molecular formula is C8H8N2O4. The molecule has 14 heavy (non-hydrogen) atoms.